The van der Waals surface area contributed by atoms with E-state index in [4.69, 9.17) is 4.74 Å². The summed E-state index contributed by atoms with van der Waals surface area (Å²) in [7, 11) is -2.25. The molecule has 2 aromatic rings. The Balaban J connectivity index is 1.78. The van der Waals surface area contributed by atoms with Crippen molar-refractivity contribution in [1.82, 2.24) is 5.32 Å². The van der Waals surface area contributed by atoms with Gasteiger partial charge in [-0.3, -0.25) is 9.52 Å². The molecule has 148 valence electrons. The molecule has 0 heterocycles. The van der Waals surface area contributed by atoms with Crippen LogP contribution in [0.15, 0.2) is 66.1 Å². The van der Waals surface area contributed by atoms with Gasteiger partial charge < -0.3 is 10.1 Å². The number of carbonyl (C=O) groups excluding carboxylic acids is 1. The van der Waals surface area contributed by atoms with Gasteiger partial charge in [-0.15, -0.1) is 6.58 Å². The Kier molecular flexibility index (Phi) is 5.74. The molecule has 7 heteroatoms. The Morgan fingerprint density at radius 1 is 1.21 bits per heavy atom. The van der Waals surface area contributed by atoms with E-state index in [9.17, 15) is 13.2 Å². The minimum Gasteiger partial charge on any atom is -0.497 e. The van der Waals surface area contributed by atoms with Gasteiger partial charge in [0.25, 0.3) is 10.0 Å². The number of anilines is 1. The molecule has 0 atom stereocenters. The van der Waals surface area contributed by atoms with E-state index in [1.54, 1.807) is 30.3 Å². The average molecular weight is 401 g/mol. The van der Waals surface area contributed by atoms with Crippen LogP contribution in [0.5, 0.6) is 5.75 Å². The molecule has 0 aromatic heterocycles. The Bertz CT molecular complexity index is 964. The zero-order chi connectivity index (χ0) is 20.2. The molecule has 0 unspecified atom stereocenters. The first-order chi connectivity index (χ1) is 13.4. The standard InChI is InChI=1S/C21H24N2O4S/c1-3-14-22-20(24)21(12-5-13-21)16-8-10-17(11-9-16)23-28(25,26)19-7-4-6-18(15-19)27-2/h3-4,6-11,15,23H,1,5,12-14H2,2H3,(H,22,24). The molecule has 3 rings (SSSR count). The Morgan fingerprint density at radius 3 is 2.50 bits per heavy atom. The van der Waals surface area contributed by atoms with Crippen molar-refractivity contribution in [2.45, 2.75) is 29.6 Å². The lowest BCUT2D eigenvalue weighted by Crippen LogP contribution is -2.49. The predicted octanol–water partition coefficient (Wildman–Crippen LogP) is 3.22. The number of hydrogen-bond acceptors (Lipinski definition) is 4. The van der Waals surface area contributed by atoms with Gasteiger partial charge in [0.2, 0.25) is 5.91 Å². The Morgan fingerprint density at radius 2 is 1.93 bits per heavy atom. The van der Waals surface area contributed by atoms with E-state index >= 15 is 0 Å². The van der Waals surface area contributed by atoms with Crippen LogP contribution in [0.25, 0.3) is 0 Å². The van der Waals surface area contributed by atoms with Gasteiger partial charge in [-0.1, -0.05) is 30.7 Å². The molecular formula is C21H24N2O4S. The van der Waals surface area contributed by atoms with Crippen molar-refractivity contribution in [3.05, 3.63) is 66.7 Å². The molecule has 2 N–H and O–H groups in total. The highest BCUT2D eigenvalue weighted by atomic mass is 32.2. The molecule has 6 nitrogen and oxygen atoms in total. The largest absolute Gasteiger partial charge is 0.497 e. The summed E-state index contributed by atoms with van der Waals surface area (Å²) in [5.74, 6) is 0.457. The number of ether oxygens (including phenoxy) is 1. The summed E-state index contributed by atoms with van der Waals surface area (Å²) in [6.07, 6.45) is 4.21. The fraction of sp³-hybridized carbons (Fsp3) is 0.286. The lowest BCUT2D eigenvalue weighted by molar-refractivity contribution is -0.129. The van der Waals surface area contributed by atoms with E-state index in [1.165, 1.54) is 19.2 Å². The minimum atomic E-state index is -3.73. The number of nitrogens with one attached hydrogen (secondary N) is 2. The van der Waals surface area contributed by atoms with Crippen LogP contribution < -0.4 is 14.8 Å². The molecule has 0 aliphatic heterocycles. The maximum Gasteiger partial charge on any atom is 0.262 e. The fourth-order valence-electron chi connectivity index (χ4n) is 3.35. The molecule has 0 spiro atoms. The van der Waals surface area contributed by atoms with Crippen LogP contribution in [-0.2, 0) is 20.2 Å². The summed E-state index contributed by atoms with van der Waals surface area (Å²) in [4.78, 5) is 12.7. The number of rotatable bonds is 8. The van der Waals surface area contributed by atoms with Gasteiger partial charge >= 0.3 is 0 Å². The van der Waals surface area contributed by atoms with Gasteiger partial charge in [-0.25, -0.2) is 8.42 Å². The highest BCUT2D eigenvalue weighted by Crippen LogP contribution is 2.44. The number of hydrogen-bond donors (Lipinski definition) is 2. The van der Waals surface area contributed by atoms with Crippen molar-refractivity contribution < 1.29 is 17.9 Å². The third-order valence-electron chi connectivity index (χ3n) is 5.09. The van der Waals surface area contributed by atoms with Crippen LogP contribution in [-0.4, -0.2) is 28.0 Å². The monoisotopic (exact) mass is 400 g/mol. The first-order valence-corrected chi connectivity index (χ1v) is 10.6. The molecule has 2 aromatic carbocycles. The van der Waals surface area contributed by atoms with E-state index in [0.717, 1.165) is 24.8 Å². The summed E-state index contributed by atoms with van der Waals surface area (Å²) in [6.45, 7) is 4.05. The van der Waals surface area contributed by atoms with Crippen molar-refractivity contribution in [1.29, 1.82) is 0 Å². The minimum absolute atomic E-state index is 0.0108. The van der Waals surface area contributed by atoms with Crippen LogP contribution in [0, 0.1) is 0 Å². The van der Waals surface area contributed by atoms with Gasteiger partial charge in [-0.2, -0.15) is 0 Å². The summed E-state index contributed by atoms with van der Waals surface area (Å²) in [5, 5.41) is 2.88. The molecule has 1 fully saturated rings. The maximum atomic E-state index is 12.6. The Hall–Kier alpha value is -2.80. The van der Waals surface area contributed by atoms with Gasteiger partial charge in [-0.05, 0) is 42.7 Å². The van der Waals surface area contributed by atoms with Crippen molar-refractivity contribution in [2.75, 3.05) is 18.4 Å². The highest BCUT2D eigenvalue weighted by Gasteiger charge is 2.45. The zero-order valence-electron chi connectivity index (χ0n) is 15.8. The zero-order valence-corrected chi connectivity index (χ0v) is 16.6. The number of sulfonamides is 1. The second-order valence-electron chi connectivity index (χ2n) is 6.80. The molecule has 1 saturated carbocycles. The number of benzene rings is 2. The molecule has 28 heavy (non-hydrogen) atoms. The summed E-state index contributed by atoms with van der Waals surface area (Å²) < 4.78 is 32.9. The average Bonchev–Trinajstić information content (AvgIpc) is 2.66. The number of carbonyl (C=O) groups is 1. The molecule has 1 aliphatic rings. The molecule has 0 radical (unpaired) electrons. The van der Waals surface area contributed by atoms with E-state index in [-0.39, 0.29) is 10.8 Å². The second-order valence-corrected chi connectivity index (χ2v) is 8.48. The van der Waals surface area contributed by atoms with Gasteiger partial charge in [0, 0.05) is 18.3 Å². The first kappa shape index (κ1) is 19.9. The first-order valence-electron chi connectivity index (χ1n) is 9.08. The fourth-order valence-corrected chi connectivity index (χ4v) is 4.44. The predicted molar refractivity (Wildman–Crippen MR) is 109 cm³/mol. The van der Waals surface area contributed by atoms with E-state index in [0.29, 0.717) is 18.0 Å². The van der Waals surface area contributed by atoms with E-state index < -0.39 is 15.4 Å². The van der Waals surface area contributed by atoms with Gasteiger partial charge in [0.15, 0.2) is 0 Å². The van der Waals surface area contributed by atoms with Crippen LogP contribution in [0.4, 0.5) is 5.69 Å². The number of methoxy groups -OCH3 is 1. The molecule has 0 saturated heterocycles. The summed E-state index contributed by atoms with van der Waals surface area (Å²) >= 11 is 0. The lowest BCUT2D eigenvalue weighted by Gasteiger charge is -2.40. The van der Waals surface area contributed by atoms with Crippen molar-refractivity contribution in [2.24, 2.45) is 0 Å². The normalized spacial score (nSPS) is 15.2. The SMILES string of the molecule is C=CCNC(=O)C1(c2ccc(NS(=O)(=O)c3cccc(OC)c3)cc2)CCC1. The molecule has 0 bridgehead atoms. The Labute approximate surface area is 165 Å². The van der Waals surface area contributed by atoms with Crippen LogP contribution in [0.2, 0.25) is 0 Å². The van der Waals surface area contributed by atoms with E-state index in [1.807, 2.05) is 12.1 Å². The summed E-state index contributed by atoms with van der Waals surface area (Å²) in [5.41, 5.74) is 0.796. The van der Waals surface area contributed by atoms with Gasteiger partial charge in [0.1, 0.15) is 5.75 Å². The van der Waals surface area contributed by atoms with Crippen molar-refractivity contribution in [3.63, 3.8) is 0 Å². The third kappa shape index (κ3) is 3.89. The van der Waals surface area contributed by atoms with Crippen molar-refractivity contribution in [3.8, 4) is 5.75 Å². The maximum absolute atomic E-state index is 12.6. The number of amides is 1. The quantitative estimate of drug-likeness (QED) is 0.667. The summed E-state index contributed by atoms with van der Waals surface area (Å²) in [6, 6.07) is 13.3. The van der Waals surface area contributed by atoms with Crippen LogP contribution >= 0.6 is 0 Å². The van der Waals surface area contributed by atoms with Gasteiger partial charge in [0.05, 0.1) is 17.4 Å². The topological polar surface area (TPSA) is 84.5 Å². The molecule has 1 aliphatic carbocycles. The second kappa shape index (κ2) is 8.06. The highest BCUT2D eigenvalue weighted by molar-refractivity contribution is 7.92. The third-order valence-corrected chi connectivity index (χ3v) is 6.47. The van der Waals surface area contributed by atoms with Crippen molar-refractivity contribution >= 4 is 21.6 Å². The van der Waals surface area contributed by atoms with E-state index in [2.05, 4.69) is 16.6 Å². The smallest absolute Gasteiger partial charge is 0.262 e. The molecular weight excluding hydrogens is 376 g/mol. The van der Waals surface area contributed by atoms with Crippen LogP contribution in [0.3, 0.4) is 0 Å². The lowest BCUT2D eigenvalue weighted by atomic mass is 9.64. The van der Waals surface area contributed by atoms with Crippen LogP contribution in [0.1, 0.15) is 24.8 Å². The molecule has 1 amide bonds.